The summed E-state index contributed by atoms with van der Waals surface area (Å²) in [7, 11) is 0. The number of ether oxygens (including phenoxy) is 1. The molecule has 2 heterocycles. The van der Waals surface area contributed by atoms with Crippen molar-refractivity contribution in [2.75, 3.05) is 6.61 Å². The first-order chi connectivity index (χ1) is 16.7. The van der Waals surface area contributed by atoms with Gasteiger partial charge in [-0.05, 0) is 48.9 Å². The second kappa shape index (κ2) is 9.93. The van der Waals surface area contributed by atoms with Gasteiger partial charge in [0.15, 0.2) is 5.16 Å². The lowest BCUT2D eigenvalue weighted by Gasteiger charge is -2.13. The Labute approximate surface area is 200 Å². The van der Waals surface area contributed by atoms with Crippen molar-refractivity contribution < 1.29 is 9.15 Å². The Morgan fingerprint density at radius 2 is 1.65 bits per heavy atom. The number of nitrogens with zero attached hydrogens (tertiary/aromatic N) is 4. The van der Waals surface area contributed by atoms with E-state index < -0.39 is 0 Å². The molecule has 0 radical (unpaired) electrons. The first kappa shape index (κ1) is 21.9. The molecule has 0 unspecified atom stereocenters. The van der Waals surface area contributed by atoms with Crippen LogP contribution in [0.2, 0.25) is 0 Å². The van der Waals surface area contributed by atoms with Crippen molar-refractivity contribution in [3.63, 3.8) is 0 Å². The zero-order valence-electron chi connectivity index (χ0n) is 18.5. The van der Waals surface area contributed by atoms with Crippen molar-refractivity contribution in [1.82, 2.24) is 19.7 Å². The van der Waals surface area contributed by atoms with Crippen LogP contribution in [0.4, 0.5) is 0 Å². The summed E-state index contributed by atoms with van der Waals surface area (Å²) >= 11 is 1.38. The number of thioether (sulfide) groups is 1. The Morgan fingerprint density at radius 3 is 2.44 bits per heavy atom. The van der Waals surface area contributed by atoms with Crippen molar-refractivity contribution in [2.45, 2.75) is 24.3 Å². The SMILES string of the molecule is CCOc1ccc(-n2c(SCc3nnc(Cc4ccccc4)o3)nc3ccccc3c2=O)cc1. The monoisotopic (exact) mass is 470 g/mol. The van der Waals surface area contributed by atoms with Crippen molar-refractivity contribution in [1.29, 1.82) is 0 Å². The normalized spacial score (nSPS) is 11.1. The van der Waals surface area contributed by atoms with Gasteiger partial charge in [0.2, 0.25) is 11.8 Å². The van der Waals surface area contributed by atoms with Crippen LogP contribution in [-0.4, -0.2) is 26.4 Å². The second-order valence-corrected chi connectivity index (χ2v) is 8.46. The topological polar surface area (TPSA) is 83.0 Å². The molecule has 34 heavy (non-hydrogen) atoms. The van der Waals surface area contributed by atoms with Gasteiger partial charge < -0.3 is 9.15 Å². The lowest BCUT2D eigenvalue weighted by molar-refractivity contribution is 0.340. The van der Waals surface area contributed by atoms with Gasteiger partial charge in [-0.1, -0.05) is 54.2 Å². The average molecular weight is 471 g/mol. The van der Waals surface area contributed by atoms with Gasteiger partial charge in [-0.25, -0.2) is 4.98 Å². The molecule has 7 nitrogen and oxygen atoms in total. The van der Waals surface area contributed by atoms with E-state index in [2.05, 4.69) is 10.2 Å². The highest BCUT2D eigenvalue weighted by Gasteiger charge is 2.15. The van der Waals surface area contributed by atoms with Crippen LogP contribution in [0.15, 0.2) is 93.2 Å². The highest BCUT2D eigenvalue weighted by molar-refractivity contribution is 7.98. The fraction of sp³-hybridized carbons (Fsp3) is 0.154. The molecule has 0 aliphatic rings. The van der Waals surface area contributed by atoms with Crippen LogP contribution < -0.4 is 10.3 Å². The molecule has 0 saturated carbocycles. The van der Waals surface area contributed by atoms with Crippen LogP contribution in [0.1, 0.15) is 24.3 Å². The minimum Gasteiger partial charge on any atom is -0.494 e. The Kier molecular flexibility index (Phi) is 6.40. The van der Waals surface area contributed by atoms with E-state index in [0.717, 1.165) is 11.3 Å². The summed E-state index contributed by atoms with van der Waals surface area (Å²) < 4.78 is 13.0. The van der Waals surface area contributed by atoms with Crippen LogP contribution in [0.25, 0.3) is 16.6 Å². The molecule has 0 aliphatic carbocycles. The van der Waals surface area contributed by atoms with E-state index >= 15 is 0 Å². The van der Waals surface area contributed by atoms with Crippen LogP contribution in [0, 0.1) is 0 Å². The molecule has 0 saturated heterocycles. The fourth-order valence-corrected chi connectivity index (χ4v) is 4.46. The van der Waals surface area contributed by atoms with Gasteiger partial charge in [-0.2, -0.15) is 0 Å². The van der Waals surface area contributed by atoms with Crippen molar-refractivity contribution in [2.24, 2.45) is 0 Å². The summed E-state index contributed by atoms with van der Waals surface area (Å²) in [4.78, 5) is 18.2. The molecule has 0 atom stereocenters. The van der Waals surface area contributed by atoms with E-state index in [1.807, 2.05) is 79.7 Å². The first-order valence-electron chi connectivity index (χ1n) is 10.9. The molecule has 2 aromatic heterocycles. The van der Waals surface area contributed by atoms with E-state index in [1.54, 1.807) is 10.6 Å². The van der Waals surface area contributed by atoms with Crippen LogP contribution in [0.3, 0.4) is 0 Å². The van der Waals surface area contributed by atoms with Crippen molar-refractivity contribution in [3.8, 4) is 11.4 Å². The van der Waals surface area contributed by atoms with Gasteiger partial charge in [0.05, 0.1) is 35.4 Å². The Balaban J connectivity index is 1.44. The van der Waals surface area contributed by atoms with E-state index in [4.69, 9.17) is 14.1 Å². The van der Waals surface area contributed by atoms with Gasteiger partial charge in [0, 0.05) is 0 Å². The van der Waals surface area contributed by atoms with Crippen LogP contribution >= 0.6 is 11.8 Å². The first-order valence-corrected chi connectivity index (χ1v) is 11.9. The zero-order chi connectivity index (χ0) is 23.3. The number of fused-ring (bicyclic) bond motifs is 1. The fourth-order valence-electron chi connectivity index (χ4n) is 3.61. The number of para-hydroxylation sites is 1. The average Bonchev–Trinajstić information content (AvgIpc) is 3.31. The number of aromatic nitrogens is 4. The third kappa shape index (κ3) is 4.72. The molecular weight excluding hydrogens is 448 g/mol. The van der Waals surface area contributed by atoms with Crippen LogP contribution in [-0.2, 0) is 12.2 Å². The molecule has 0 fully saturated rings. The van der Waals surface area contributed by atoms with E-state index in [1.165, 1.54) is 11.8 Å². The lowest BCUT2D eigenvalue weighted by Crippen LogP contribution is -2.21. The maximum Gasteiger partial charge on any atom is 0.266 e. The lowest BCUT2D eigenvalue weighted by atomic mass is 10.2. The third-order valence-electron chi connectivity index (χ3n) is 5.18. The number of hydrogen-bond donors (Lipinski definition) is 0. The van der Waals surface area contributed by atoms with Crippen molar-refractivity contribution in [3.05, 3.63) is 107 Å². The van der Waals surface area contributed by atoms with Gasteiger partial charge >= 0.3 is 0 Å². The molecule has 8 heteroatoms. The number of hydrogen-bond acceptors (Lipinski definition) is 7. The Bertz CT molecular complexity index is 1460. The highest BCUT2D eigenvalue weighted by atomic mass is 32.2. The van der Waals surface area contributed by atoms with Crippen LogP contribution in [0.5, 0.6) is 5.75 Å². The largest absolute Gasteiger partial charge is 0.494 e. The highest BCUT2D eigenvalue weighted by Crippen LogP contribution is 2.25. The minimum atomic E-state index is -0.132. The Morgan fingerprint density at radius 1 is 0.912 bits per heavy atom. The van der Waals surface area contributed by atoms with Gasteiger partial charge in [-0.3, -0.25) is 9.36 Å². The molecule has 3 aromatic carbocycles. The number of benzene rings is 3. The van der Waals surface area contributed by atoms with E-state index in [-0.39, 0.29) is 5.56 Å². The summed E-state index contributed by atoms with van der Waals surface area (Å²) in [6, 6.07) is 24.7. The molecular formula is C26H22N4O3S. The minimum absolute atomic E-state index is 0.132. The zero-order valence-corrected chi connectivity index (χ0v) is 19.4. The predicted octanol–water partition coefficient (Wildman–Crippen LogP) is 5.05. The third-order valence-corrected chi connectivity index (χ3v) is 6.11. The van der Waals surface area contributed by atoms with Gasteiger partial charge in [0.1, 0.15) is 5.75 Å². The van der Waals surface area contributed by atoms with Gasteiger partial charge in [0.25, 0.3) is 5.56 Å². The molecule has 5 rings (SSSR count). The standard InChI is InChI=1S/C26H22N4O3S/c1-2-32-20-14-12-19(13-15-20)30-25(31)21-10-6-7-11-22(21)27-26(30)34-17-24-29-28-23(33-24)16-18-8-4-3-5-9-18/h3-15H,2,16-17H2,1H3. The predicted molar refractivity (Wildman–Crippen MR) is 132 cm³/mol. The summed E-state index contributed by atoms with van der Waals surface area (Å²) in [6.07, 6.45) is 0.573. The maximum atomic E-state index is 13.4. The summed E-state index contributed by atoms with van der Waals surface area (Å²) in [6.45, 7) is 2.51. The number of rotatable bonds is 8. The molecule has 0 N–H and O–H groups in total. The van der Waals surface area contributed by atoms with E-state index in [0.29, 0.717) is 52.3 Å². The quantitative estimate of drug-likeness (QED) is 0.232. The van der Waals surface area contributed by atoms with Crippen molar-refractivity contribution >= 4 is 22.7 Å². The molecule has 0 bridgehead atoms. The molecule has 0 amide bonds. The van der Waals surface area contributed by atoms with E-state index in [9.17, 15) is 4.79 Å². The maximum absolute atomic E-state index is 13.4. The second-order valence-electron chi connectivity index (χ2n) is 7.52. The molecule has 0 aliphatic heterocycles. The summed E-state index contributed by atoms with van der Waals surface area (Å²) in [5.74, 6) is 2.18. The molecule has 170 valence electrons. The molecule has 0 spiro atoms. The smallest absolute Gasteiger partial charge is 0.266 e. The Hall–Kier alpha value is -3.91. The molecule has 5 aromatic rings. The van der Waals surface area contributed by atoms with Gasteiger partial charge in [-0.15, -0.1) is 10.2 Å². The summed E-state index contributed by atoms with van der Waals surface area (Å²) in [5, 5.41) is 9.45. The summed E-state index contributed by atoms with van der Waals surface area (Å²) in [5.41, 5.74) is 2.33.